The molecule has 1 aromatic carbocycles. The molecule has 1 aliphatic heterocycles. The second-order valence-electron chi connectivity index (χ2n) is 9.12. The van der Waals surface area contributed by atoms with Crippen LogP contribution in [-0.4, -0.2) is 27.7 Å². The quantitative estimate of drug-likeness (QED) is 0.563. The number of hydrogen-bond acceptors (Lipinski definition) is 5. The van der Waals surface area contributed by atoms with Crippen LogP contribution in [0.25, 0.3) is 5.57 Å². The normalized spacial score (nSPS) is 19.0. The molecule has 0 bridgehead atoms. The fraction of sp³-hybridized carbons (Fsp3) is 0.391. The first-order chi connectivity index (χ1) is 14.7. The Morgan fingerprint density at radius 3 is 2.58 bits per heavy atom. The fourth-order valence-electron chi connectivity index (χ4n) is 4.16. The van der Waals surface area contributed by atoms with Crippen molar-refractivity contribution < 1.29 is 14.4 Å². The van der Waals surface area contributed by atoms with Gasteiger partial charge in [-0.25, -0.2) is 4.98 Å². The van der Waals surface area contributed by atoms with Gasteiger partial charge < -0.3 is 16.0 Å². The molecule has 0 radical (unpaired) electrons. The lowest BCUT2D eigenvalue weighted by molar-refractivity contribution is -0.133. The fourth-order valence-corrected chi connectivity index (χ4v) is 4.16. The van der Waals surface area contributed by atoms with Gasteiger partial charge in [-0.05, 0) is 47.9 Å². The Bertz CT molecular complexity index is 1070. The number of nitrogen functional groups attached to an aromatic ring is 1. The molecular weight excluding hydrogens is 394 g/mol. The molecule has 2 aliphatic rings. The van der Waals surface area contributed by atoms with Crippen LogP contribution in [0.4, 0.5) is 11.5 Å². The van der Waals surface area contributed by atoms with E-state index in [1.54, 1.807) is 0 Å². The van der Waals surface area contributed by atoms with Crippen LogP contribution in [0.15, 0.2) is 30.5 Å². The van der Waals surface area contributed by atoms with E-state index in [0.717, 1.165) is 36.0 Å². The number of carbonyl (C=O) groups is 3. The van der Waals surface area contributed by atoms with Gasteiger partial charge in [0, 0.05) is 30.0 Å². The molecule has 3 amide bonds. The van der Waals surface area contributed by atoms with Gasteiger partial charge in [-0.3, -0.25) is 19.7 Å². The Labute approximate surface area is 180 Å². The minimum Gasteiger partial charge on any atom is -0.384 e. The molecular formula is C23H27N5O3. The first kappa shape index (κ1) is 20.8. The summed E-state index contributed by atoms with van der Waals surface area (Å²) in [5.41, 5.74) is 9.54. The number of carbonyl (C=O) groups excluding carboxylic acids is 3. The highest BCUT2D eigenvalue weighted by Gasteiger charge is 2.28. The summed E-state index contributed by atoms with van der Waals surface area (Å²) < 4.78 is 0. The number of imide groups is 1. The second-order valence-corrected chi connectivity index (χ2v) is 9.12. The summed E-state index contributed by atoms with van der Waals surface area (Å²) in [6.45, 7) is 4.49. The van der Waals surface area contributed by atoms with Crippen LogP contribution < -0.4 is 16.4 Å². The highest BCUT2D eigenvalue weighted by Crippen LogP contribution is 2.41. The summed E-state index contributed by atoms with van der Waals surface area (Å²) in [4.78, 5) is 43.1. The molecule has 4 rings (SSSR count). The summed E-state index contributed by atoms with van der Waals surface area (Å²) in [5, 5.41) is 5.29. The van der Waals surface area contributed by atoms with Gasteiger partial charge in [0.25, 0.3) is 5.91 Å². The first-order valence-corrected chi connectivity index (χ1v) is 10.5. The number of H-pyrrole nitrogens is 1. The molecule has 1 saturated heterocycles. The Morgan fingerprint density at radius 2 is 1.97 bits per heavy atom. The van der Waals surface area contributed by atoms with Gasteiger partial charge in [0.1, 0.15) is 5.82 Å². The number of imidazole rings is 1. The van der Waals surface area contributed by atoms with Crippen molar-refractivity contribution in [2.24, 2.45) is 5.41 Å². The van der Waals surface area contributed by atoms with Crippen LogP contribution in [-0.2, 0) is 9.59 Å². The lowest BCUT2D eigenvalue weighted by Crippen LogP contribution is -2.37. The predicted molar refractivity (Wildman–Crippen MR) is 118 cm³/mol. The number of allylic oxidation sites excluding steroid dienone is 2. The van der Waals surface area contributed by atoms with E-state index in [1.165, 1.54) is 6.20 Å². The first-order valence-electron chi connectivity index (χ1n) is 10.5. The number of aromatic nitrogens is 2. The van der Waals surface area contributed by atoms with Crippen molar-refractivity contribution in [1.29, 1.82) is 0 Å². The molecule has 1 aliphatic carbocycles. The van der Waals surface area contributed by atoms with Crippen molar-refractivity contribution >= 4 is 34.8 Å². The lowest BCUT2D eigenvalue weighted by atomic mass is 9.76. The second kappa shape index (κ2) is 8.02. The molecule has 0 spiro atoms. The molecule has 1 fully saturated rings. The smallest absolute Gasteiger partial charge is 0.291 e. The molecule has 8 heteroatoms. The number of nitrogens with two attached hydrogens (primary N) is 1. The SMILES string of the molecule is CC1(C)CC=C(c2cc(C3CC(=O)NC(=O)C3)ccc2NC(=O)c2ncc(N)[nH]2)CC1. The standard InChI is InChI=1S/C23H27N5O3/c1-23(2)7-5-13(6-8-23)16-9-14(15-10-19(29)28-20(30)11-15)3-4-17(16)26-22(31)21-25-12-18(24)27-21/h3-5,9,12,15H,6-8,10-11,24H2,1-2H3,(H,25,27)(H,26,31)(H,28,29,30). The van der Waals surface area contributed by atoms with Gasteiger partial charge in [0.2, 0.25) is 11.8 Å². The summed E-state index contributed by atoms with van der Waals surface area (Å²) >= 11 is 0. The van der Waals surface area contributed by atoms with Gasteiger partial charge in [0.05, 0.1) is 6.20 Å². The molecule has 0 saturated carbocycles. The maximum Gasteiger partial charge on any atom is 0.291 e. The van der Waals surface area contributed by atoms with E-state index in [4.69, 9.17) is 5.73 Å². The van der Waals surface area contributed by atoms with Gasteiger partial charge in [-0.15, -0.1) is 0 Å². The molecule has 2 aromatic rings. The number of amides is 3. The third kappa shape index (κ3) is 4.68. The topological polar surface area (TPSA) is 130 Å². The minimum absolute atomic E-state index is 0.140. The number of piperidine rings is 1. The predicted octanol–water partition coefficient (Wildman–Crippen LogP) is 3.36. The molecule has 162 valence electrons. The van der Waals surface area contributed by atoms with Crippen molar-refractivity contribution in [3.05, 3.63) is 47.4 Å². The molecule has 0 atom stereocenters. The van der Waals surface area contributed by atoms with Gasteiger partial charge >= 0.3 is 0 Å². The Balaban J connectivity index is 1.68. The van der Waals surface area contributed by atoms with Gasteiger partial charge in [-0.2, -0.15) is 0 Å². The number of nitrogens with one attached hydrogen (secondary N) is 3. The maximum absolute atomic E-state index is 12.7. The molecule has 8 nitrogen and oxygen atoms in total. The van der Waals surface area contributed by atoms with Crippen LogP contribution >= 0.6 is 0 Å². The van der Waals surface area contributed by atoms with Crippen LogP contribution in [0.1, 0.15) is 73.6 Å². The number of benzene rings is 1. The zero-order chi connectivity index (χ0) is 22.2. The molecule has 5 N–H and O–H groups in total. The van der Waals surface area contributed by atoms with Crippen LogP contribution in [0.5, 0.6) is 0 Å². The van der Waals surface area contributed by atoms with Gasteiger partial charge in [0.15, 0.2) is 5.82 Å². The maximum atomic E-state index is 12.7. The third-order valence-corrected chi connectivity index (χ3v) is 6.03. The zero-order valence-electron chi connectivity index (χ0n) is 17.7. The summed E-state index contributed by atoms with van der Waals surface area (Å²) in [5.74, 6) is -0.604. The Morgan fingerprint density at radius 1 is 1.23 bits per heavy atom. The lowest BCUT2D eigenvalue weighted by Gasteiger charge is -2.30. The van der Waals surface area contributed by atoms with E-state index in [2.05, 4.69) is 40.5 Å². The summed E-state index contributed by atoms with van der Waals surface area (Å²) in [6, 6.07) is 5.72. The van der Waals surface area contributed by atoms with E-state index in [9.17, 15) is 14.4 Å². The summed E-state index contributed by atoms with van der Waals surface area (Å²) in [7, 11) is 0. The minimum atomic E-state index is -0.380. The molecule has 0 unspecified atom stereocenters. The largest absolute Gasteiger partial charge is 0.384 e. The highest BCUT2D eigenvalue weighted by atomic mass is 16.2. The van der Waals surface area contributed by atoms with E-state index >= 15 is 0 Å². The number of nitrogens with zero attached hydrogens (tertiary/aromatic N) is 1. The van der Waals surface area contributed by atoms with E-state index in [1.807, 2.05) is 18.2 Å². The number of anilines is 2. The van der Waals surface area contributed by atoms with Gasteiger partial charge in [-0.1, -0.05) is 26.0 Å². The van der Waals surface area contributed by atoms with Crippen molar-refractivity contribution in [3.63, 3.8) is 0 Å². The van der Waals surface area contributed by atoms with E-state index in [-0.39, 0.29) is 47.7 Å². The Kier molecular flexibility index (Phi) is 5.39. The van der Waals surface area contributed by atoms with Crippen molar-refractivity contribution in [2.45, 2.75) is 51.9 Å². The average Bonchev–Trinajstić information content (AvgIpc) is 3.14. The summed E-state index contributed by atoms with van der Waals surface area (Å²) in [6.07, 6.45) is 7.03. The molecule has 2 heterocycles. The Hall–Kier alpha value is -3.42. The average molecular weight is 422 g/mol. The highest BCUT2D eigenvalue weighted by molar-refractivity contribution is 6.03. The number of aromatic amines is 1. The van der Waals surface area contributed by atoms with Crippen LogP contribution in [0.3, 0.4) is 0 Å². The van der Waals surface area contributed by atoms with Crippen LogP contribution in [0.2, 0.25) is 0 Å². The number of rotatable bonds is 4. The van der Waals surface area contributed by atoms with Crippen molar-refractivity contribution in [1.82, 2.24) is 15.3 Å². The van der Waals surface area contributed by atoms with Crippen molar-refractivity contribution in [2.75, 3.05) is 11.1 Å². The van der Waals surface area contributed by atoms with Crippen LogP contribution in [0, 0.1) is 5.41 Å². The molecule has 1 aromatic heterocycles. The molecule has 31 heavy (non-hydrogen) atoms. The van der Waals surface area contributed by atoms with Crippen molar-refractivity contribution in [3.8, 4) is 0 Å². The zero-order valence-corrected chi connectivity index (χ0v) is 17.7. The number of hydrogen-bond donors (Lipinski definition) is 4. The monoisotopic (exact) mass is 421 g/mol. The van der Waals surface area contributed by atoms with E-state index in [0.29, 0.717) is 11.5 Å². The van der Waals surface area contributed by atoms with E-state index < -0.39 is 0 Å². The third-order valence-electron chi connectivity index (χ3n) is 6.03.